The maximum Gasteiger partial charge on any atom is 0.180 e. The van der Waals surface area contributed by atoms with Crippen LogP contribution in [0.4, 0.5) is 0 Å². The first-order valence-electron chi connectivity index (χ1n) is 7.96. The smallest absolute Gasteiger partial charge is 0.180 e. The predicted molar refractivity (Wildman–Crippen MR) is 91.5 cm³/mol. The van der Waals surface area contributed by atoms with E-state index in [-0.39, 0.29) is 0 Å². The standard InChI is InChI=1S/C21H22O/c1-4-14-21(22-15-13-16(2)3)19-11-7-5-9-17(19)18-10-6-8-12-20(18)21/h5-12,16H,13,15H2,1-3H3. The highest BCUT2D eigenvalue weighted by Crippen LogP contribution is 2.49. The molecule has 0 unspecified atom stereocenters. The lowest BCUT2D eigenvalue weighted by Gasteiger charge is -2.27. The zero-order valence-electron chi connectivity index (χ0n) is 13.5. The molecule has 22 heavy (non-hydrogen) atoms. The largest absolute Gasteiger partial charge is 0.354 e. The van der Waals surface area contributed by atoms with E-state index >= 15 is 0 Å². The van der Waals surface area contributed by atoms with Crippen LogP contribution in [0.5, 0.6) is 0 Å². The Bertz CT molecular complexity index is 685. The molecule has 0 saturated carbocycles. The van der Waals surface area contributed by atoms with Crippen LogP contribution in [-0.2, 0) is 10.3 Å². The fourth-order valence-corrected chi connectivity index (χ4v) is 3.15. The fourth-order valence-electron chi connectivity index (χ4n) is 3.15. The van der Waals surface area contributed by atoms with Crippen LogP contribution in [0.15, 0.2) is 48.5 Å². The van der Waals surface area contributed by atoms with Gasteiger partial charge in [-0.1, -0.05) is 68.3 Å². The first kappa shape index (κ1) is 14.9. The Kier molecular flexibility index (Phi) is 4.05. The lowest BCUT2D eigenvalue weighted by Crippen LogP contribution is -2.28. The predicted octanol–water partition coefficient (Wildman–Crippen LogP) is 5.00. The number of fused-ring (bicyclic) bond motifs is 3. The quantitative estimate of drug-likeness (QED) is 0.720. The Labute approximate surface area is 133 Å². The molecule has 2 aromatic rings. The minimum Gasteiger partial charge on any atom is -0.354 e. The van der Waals surface area contributed by atoms with Crippen molar-refractivity contribution in [2.24, 2.45) is 5.92 Å². The molecule has 0 atom stereocenters. The number of rotatable bonds is 4. The molecule has 0 spiro atoms. The molecule has 0 heterocycles. The molecule has 0 amide bonds. The van der Waals surface area contributed by atoms with Gasteiger partial charge in [0.2, 0.25) is 0 Å². The summed E-state index contributed by atoms with van der Waals surface area (Å²) in [6.45, 7) is 7.04. The summed E-state index contributed by atoms with van der Waals surface area (Å²) in [6, 6.07) is 16.9. The van der Waals surface area contributed by atoms with Gasteiger partial charge < -0.3 is 4.74 Å². The van der Waals surface area contributed by atoms with E-state index in [4.69, 9.17) is 4.74 Å². The Morgan fingerprint density at radius 3 is 2.00 bits per heavy atom. The minimum absolute atomic E-state index is 0.614. The van der Waals surface area contributed by atoms with Crippen molar-refractivity contribution >= 4 is 0 Å². The average Bonchev–Trinajstić information content (AvgIpc) is 2.79. The molecular weight excluding hydrogens is 268 g/mol. The molecule has 0 saturated heterocycles. The van der Waals surface area contributed by atoms with Gasteiger partial charge in [0.05, 0.1) is 0 Å². The van der Waals surface area contributed by atoms with Crippen molar-refractivity contribution < 1.29 is 4.74 Å². The highest BCUT2D eigenvalue weighted by molar-refractivity contribution is 5.82. The zero-order chi connectivity index (χ0) is 15.6. The highest BCUT2D eigenvalue weighted by atomic mass is 16.5. The molecule has 1 aliphatic rings. The molecule has 0 fully saturated rings. The molecule has 0 aliphatic heterocycles. The summed E-state index contributed by atoms with van der Waals surface area (Å²) in [5.74, 6) is 7.09. The normalized spacial score (nSPS) is 14.2. The third kappa shape index (κ3) is 2.34. The summed E-state index contributed by atoms with van der Waals surface area (Å²) in [4.78, 5) is 0. The van der Waals surface area contributed by atoms with Crippen LogP contribution in [0.1, 0.15) is 38.3 Å². The lowest BCUT2D eigenvalue weighted by molar-refractivity contribution is 0.0234. The fraction of sp³-hybridized carbons (Fsp3) is 0.333. The average molecular weight is 290 g/mol. The van der Waals surface area contributed by atoms with E-state index in [0.717, 1.165) is 13.0 Å². The Balaban J connectivity index is 2.13. The first-order valence-corrected chi connectivity index (χ1v) is 7.96. The van der Waals surface area contributed by atoms with Gasteiger partial charge in [-0.3, -0.25) is 0 Å². The SMILES string of the molecule is CC#CC1(OCCC(C)C)c2ccccc2-c2ccccc21. The van der Waals surface area contributed by atoms with Gasteiger partial charge in [-0.15, -0.1) is 5.92 Å². The van der Waals surface area contributed by atoms with E-state index in [0.29, 0.717) is 5.92 Å². The van der Waals surface area contributed by atoms with Gasteiger partial charge in [0.25, 0.3) is 0 Å². The van der Waals surface area contributed by atoms with E-state index in [9.17, 15) is 0 Å². The molecule has 0 bridgehead atoms. The van der Waals surface area contributed by atoms with Crippen LogP contribution in [0, 0.1) is 17.8 Å². The van der Waals surface area contributed by atoms with E-state index < -0.39 is 5.60 Å². The second-order valence-corrected chi connectivity index (χ2v) is 6.18. The monoisotopic (exact) mass is 290 g/mol. The van der Waals surface area contributed by atoms with Crippen molar-refractivity contribution in [2.45, 2.75) is 32.8 Å². The number of ether oxygens (including phenoxy) is 1. The van der Waals surface area contributed by atoms with Crippen LogP contribution in [-0.4, -0.2) is 6.61 Å². The topological polar surface area (TPSA) is 9.23 Å². The van der Waals surface area contributed by atoms with Crippen LogP contribution in [0.3, 0.4) is 0 Å². The highest BCUT2D eigenvalue weighted by Gasteiger charge is 2.42. The zero-order valence-corrected chi connectivity index (χ0v) is 13.5. The second-order valence-electron chi connectivity index (χ2n) is 6.18. The maximum atomic E-state index is 6.42. The third-order valence-corrected chi connectivity index (χ3v) is 4.22. The van der Waals surface area contributed by atoms with Gasteiger partial charge >= 0.3 is 0 Å². The molecule has 112 valence electrons. The van der Waals surface area contributed by atoms with E-state index in [2.05, 4.69) is 74.2 Å². The van der Waals surface area contributed by atoms with Gasteiger partial charge in [-0.25, -0.2) is 0 Å². The molecule has 1 nitrogen and oxygen atoms in total. The lowest BCUT2D eigenvalue weighted by atomic mass is 9.91. The molecule has 3 rings (SSSR count). The Hall–Kier alpha value is -2.04. The van der Waals surface area contributed by atoms with Crippen LogP contribution in [0.2, 0.25) is 0 Å². The minimum atomic E-state index is -0.614. The van der Waals surface area contributed by atoms with E-state index in [1.807, 2.05) is 6.92 Å². The summed E-state index contributed by atoms with van der Waals surface area (Å²) in [5, 5.41) is 0. The van der Waals surface area contributed by atoms with Crippen LogP contribution >= 0.6 is 0 Å². The maximum absolute atomic E-state index is 6.42. The summed E-state index contributed by atoms with van der Waals surface area (Å²) < 4.78 is 6.42. The summed E-state index contributed by atoms with van der Waals surface area (Å²) >= 11 is 0. The molecule has 0 aromatic heterocycles. The van der Waals surface area contributed by atoms with Crippen molar-refractivity contribution in [3.8, 4) is 23.0 Å². The number of hydrogen-bond donors (Lipinski definition) is 0. The first-order chi connectivity index (χ1) is 10.7. The van der Waals surface area contributed by atoms with Gasteiger partial charge in [0.1, 0.15) is 0 Å². The molecule has 0 radical (unpaired) electrons. The van der Waals surface area contributed by atoms with Crippen molar-refractivity contribution in [1.29, 1.82) is 0 Å². The molecular formula is C21H22O. The summed E-state index contributed by atoms with van der Waals surface area (Å²) in [6.07, 6.45) is 1.04. The van der Waals surface area contributed by atoms with E-state index in [1.54, 1.807) is 0 Å². The van der Waals surface area contributed by atoms with Gasteiger partial charge in [0, 0.05) is 17.7 Å². The molecule has 2 aromatic carbocycles. The number of hydrogen-bond acceptors (Lipinski definition) is 1. The van der Waals surface area contributed by atoms with Crippen molar-refractivity contribution in [1.82, 2.24) is 0 Å². The third-order valence-electron chi connectivity index (χ3n) is 4.22. The van der Waals surface area contributed by atoms with Crippen molar-refractivity contribution in [3.05, 3.63) is 59.7 Å². The second kappa shape index (κ2) is 5.99. The summed E-state index contributed by atoms with van der Waals surface area (Å²) in [5.41, 5.74) is 4.22. The van der Waals surface area contributed by atoms with Crippen molar-refractivity contribution in [2.75, 3.05) is 6.61 Å². The molecule has 0 N–H and O–H groups in total. The summed E-state index contributed by atoms with van der Waals surface area (Å²) in [7, 11) is 0. The van der Waals surface area contributed by atoms with Gasteiger partial charge in [-0.05, 0) is 30.4 Å². The Morgan fingerprint density at radius 2 is 1.50 bits per heavy atom. The van der Waals surface area contributed by atoms with E-state index in [1.165, 1.54) is 22.3 Å². The Morgan fingerprint density at radius 1 is 0.955 bits per heavy atom. The van der Waals surface area contributed by atoms with Crippen LogP contribution < -0.4 is 0 Å². The molecule has 1 aliphatic carbocycles. The molecule has 1 heteroatoms. The van der Waals surface area contributed by atoms with Gasteiger partial charge in [0.15, 0.2) is 5.60 Å². The van der Waals surface area contributed by atoms with Crippen molar-refractivity contribution in [3.63, 3.8) is 0 Å². The van der Waals surface area contributed by atoms with Gasteiger partial charge in [-0.2, -0.15) is 0 Å². The van der Waals surface area contributed by atoms with Crippen LogP contribution in [0.25, 0.3) is 11.1 Å². The number of benzene rings is 2.